The van der Waals surface area contributed by atoms with E-state index in [-0.39, 0.29) is 5.56 Å². The molecule has 0 unspecified atom stereocenters. The lowest BCUT2D eigenvalue weighted by atomic mass is 9.93. The average Bonchev–Trinajstić information content (AvgIpc) is 2.63. The maximum Gasteiger partial charge on any atom is 0.257 e. The minimum absolute atomic E-state index is 0.103. The van der Waals surface area contributed by atoms with Gasteiger partial charge >= 0.3 is 0 Å². The van der Waals surface area contributed by atoms with Crippen LogP contribution in [0.15, 0.2) is 77.7 Å². The van der Waals surface area contributed by atoms with E-state index in [0.717, 1.165) is 33.5 Å². The predicted octanol–water partition coefficient (Wildman–Crippen LogP) is 4.57. The van der Waals surface area contributed by atoms with Crippen LogP contribution in [-0.4, -0.2) is 9.97 Å². The van der Waals surface area contributed by atoms with Gasteiger partial charge in [-0.2, -0.15) is 0 Å². The van der Waals surface area contributed by atoms with Gasteiger partial charge in [0.05, 0.1) is 16.6 Å². The number of aromatic nitrogens is 2. The van der Waals surface area contributed by atoms with Crippen LogP contribution in [0.3, 0.4) is 0 Å². The van der Waals surface area contributed by atoms with Crippen molar-refractivity contribution < 1.29 is 0 Å². The second kappa shape index (κ2) is 5.78. The Hall–Kier alpha value is -3.20. The molecule has 0 radical (unpaired) electrons. The van der Waals surface area contributed by atoms with Gasteiger partial charge < -0.3 is 4.98 Å². The number of hydrogen-bond donors (Lipinski definition) is 1. The Morgan fingerprint density at radius 1 is 0.833 bits per heavy atom. The fourth-order valence-corrected chi connectivity index (χ4v) is 3.17. The molecule has 1 N–H and O–H groups in total. The second-order valence-electron chi connectivity index (χ2n) is 5.76. The van der Waals surface area contributed by atoms with Crippen molar-refractivity contribution in [2.75, 3.05) is 0 Å². The van der Waals surface area contributed by atoms with Crippen molar-refractivity contribution in [3.8, 4) is 22.4 Å². The van der Waals surface area contributed by atoms with E-state index >= 15 is 0 Å². The van der Waals surface area contributed by atoms with Crippen LogP contribution in [0, 0.1) is 6.92 Å². The van der Waals surface area contributed by atoms with E-state index in [1.54, 1.807) is 6.20 Å². The number of nitrogens with zero attached hydrogens (tertiary/aromatic N) is 1. The number of nitrogens with one attached hydrogen (secondary N) is 1. The third-order valence-electron chi connectivity index (χ3n) is 4.27. The lowest BCUT2D eigenvalue weighted by Crippen LogP contribution is -2.09. The molecular formula is C21H16N2O. The summed E-state index contributed by atoms with van der Waals surface area (Å²) >= 11 is 0. The normalized spacial score (nSPS) is 10.9. The number of H-pyrrole nitrogens is 1. The first-order valence-electron chi connectivity index (χ1n) is 7.88. The molecule has 2 aromatic carbocycles. The lowest BCUT2D eigenvalue weighted by molar-refractivity contribution is 1.24. The molecule has 0 aliphatic heterocycles. The molecule has 24 heavy (non-hydrogen) atoms. The third-order valence-corrected chi connectivity index (χ3v) is 4.27. The molecule has 0 aliphatic carbocycles. The molecular weight excluding hydrogens is 296 g/mol. The maximum absolute atomic E-state index is 12.3. The van der Waals surface area contributed by atoms with E-state index in [1.807, 2.05) is 61.5 Å². The fraction of sp³-hybridized carbons (Fsp3) is 0.0476. The number of rotatable bonds is 2. The highest BCUT2D eigenvalue weighted by molar-refractivity contribution is 5.94. The van der Waals surface area contributed by atoms with Gasteiger partial charge in [0.1, 0.15) is 0 Å². The summed E-state index contributed by atoms with van der Waals surface area (Å²) in [6, 6.07) is 22.1. The van der Waals surface area contributed by atoms with E-state index < -0.39 is 0 Å². The smallest absolute Gasteiger partial charge is 0.257 e. The van der Waals surface area contributed by atoms with Gasteiger partial charge in [-0.25, -0.2) is 4.98 Å². The highest BCUT2D eigenvalue weighted by atomic mass is 16.1. The monoisotopic (exact) mass is 312 g/mol. The van der Waals surface area contributed by atoms with Crippen molar-refractivity contribution >= 4 is 10.9 Å². The number of aryl methyl sites for hydroxylation is 1. The molecule has 4 aromatic rings. The van der Waals surface area contributed by atoms with Crippen molar-refractivity contribution in [2.45, 2.75) is 6.92 Å². The van der Waals surface area contributed by atoms with Crippen LogP contribution in [0.4, 0.5) is 0 Å². The predicted molar refractivity (Wildman–Crippen MR) is 98.0 cm³/mol. The Morgan fingerprint density at radius 2 is 1.46 bits per heavy atom. The summed E-state index contributed by atoms with van der Waals surface area (Å²) in [4.78, 5) is 19.9. The van der Waals surface area contributed by atoms with Crippen molar-refractivity contribution in [3.63, 3.8) is 0 Å². The molecule has 0 saturated heterocycles. The molecule has 0 spiro atoms. The van der Waals surface area contributed by atoms with Gasteiger partial charge in [0.15, 0.2) is 0 Å². The summed E-state index contributed by atoms with van der Waals surface area (Å²) in [5, 5.41) is 0.649. The van der Waals surface area contributed by atoms with Gasteiger partial charge in [-0.1, -0.05) is 60.7 Å². The molecule has 0 saturated carbocycles. The topological polar surface area (TPSA) is 45.8 Å². The summed E-state index contributed by atoms with van der Waals surface area (Å²) in [6.45, 7) is 1.99. The zero-order valence-corrected chi connectivity index (χ0v) is 13.3. The second-order valence-corrected chi connectivity index (χ2v) is 5.76. The Kier molecular flexibility index (Phi) is 3.47. The first-order valence-corrected chi connectivity index (χ1v) is 7.88. The van der Waals surface area contributed by atoms with Crippen molar-refractivity contribution in [1.29, 1.82) is 0 Å². The summed E-state index contributed by atoms with van der Waals surface area (Å²) in [7, 11) is 0. The minimum atomic E-state index is -0.103. The maximum atomic E-state index is 12.3. The summed E-state index contributed by atoms with van der Waals surface area (Å²) in [5.41, 5.74) is 5.58. The standard InChI is InChI=1S/C21H16N2O/c1-14-18(15-8-4-2-5-9-15)20(16-10-6-3-7-11-16)23-17-12-13-22-21(24)19(14)17/h2-13H,1H3,(H,22,24). The Bertz CT molecular complexity index is 1070. The van der Waals surface area contributed by atoms with Gasteiger partial charge in [0, 0.05) is 17.3 Å². The SMILES string of the molecule is Cc1c(-c2ccccc2)c(-c2ccccc2)nc2cc[nH]c(=O)c12. The number of benzene rings is 2. The van der Waals surface area contributed by atoms with Crippen LogP contribution < -0.4 is 5.56 Å². The fourth-order valence-electron chi connectivity index (χ4n) is 3.17. The van der Waals surface area contributed by atoms with Gasteiger partial charge in [0.2, 0.25) is 0 Å². The van der Waals surface area contributed by atoms with Crippen molar-refractivity contribution in [2.24, 2.45) is 0 Å². The van der Waals surface area contributed by atoms with Gasteiger partial charge in [-0.15, -0.1) is 0 Å². The number of pyridine rings is 2. The first-order chi connectivity index (χ1) is 11.8. The Morgan fingerprint density at radius 3 is 2.12 bits per heavy atom. The van der Waals surface area contributed by atoms with E-state index in [1.165, 1.54) is 0 Å². The van der Waals surface area contributed by atoms with Crippen LogP contribution in [-0.2, 0) is 0 Å². The minimum Gasteiger partial charge on any atom is -0.328 e. The molecule has 0 aliphatic rings. The summed E-state index contributed by atoms with van der Waals surface area (Å²) in [5.74, 6) is 0. The Labute approximate surface area is 139 Å². The van der Waals surface area contributed by atoms with Crippen LogP contribution in [0.1, 0.15) is 5.56 Å². The molecule has 4 rings (SSSR count). The van der Waals surface area contributed by atoms with Gasteiger partial charge in [-0.3, -0.25) is 4.79 Å². The molecule has 2 aromatic heterocycles. The molecule has 0 bridgehead atoms. The molecule has 0 atom stereocenters. The van der Waals surface area contributed by atoms with Crippen LogP contribution in [0.25, 0.3) is 33.3 Å². The number of aromatic amines is 1. The quantitative estimate of drug-likeness (QED) is 0.589. The van der Waals surface area contributed by atoms with Crippen molar-refractivity contribution in [1.82, 2.24) is 9.97 Å². The van der Waals surface area contributed by atoms with E-state index in [9.17, 15) is 4.79 Å². The molecule has 0 amide bonds. The van der Waals surface area contributed by atoms with Crippen molar-refractivity contribution in [3.05, 3.63) is 88.8 Å². The van der Waals surface area contributed by atoms with Gasteiger partial charge in [0.25, 0.3) is 5.56 Å². The molecule has 2 heterocycles. The van der Waals surface area contributed by atoms with Crippen LogP contribution >= 0.6 is 0 Å². The highest BCUT2D eigenvalue weighted by Crippen LogP contribution is 2.35. The summed E-state index contributed by atoms with van der Waals surface area (Å²) in [6.07, 6.45) is 1.65. The zero-order chi connectivity index (χ0) is 16.5. The summed E-state index contributed by atoms with van der Waals surface area (Å²) < 4.78 is 0. The average molecular weight is 312 g/mol. The Balaban J connectivity index is 2.16. The molecule has 3 nitrogen and oxygen atoms in total. The van der Waals surface area contributed by atoms with E-state index in [2.05, 4.69) is 17.1 Å². The first kappa shape index (κ1) is 14.4. The third kappa shape index (κ3) is 2.31. The van der Waals surface area contributed by atoms with Crippen LogP contribution in [0.2, 0.25) is 0 Å². The molecule has 3 heteroatoms. The lowest BCUT2D eigenvalue weighted by Gasteiger charge is -2.15. The number of hydrogen-bond acceptors (Lipinski definition) is 2. The largest absolute Gasteiger partial charge is 0.328 e. The van der Waals surface area contributed by atoms with Crippen LogP contribution in [0.5, 0.6) is 0 Å². The van der Waals surface area contributed by atoms with E-state index in [0.29, 0.717) is 5.39 Å². The molecule has 0 fully saturated rings. The van der Waals surface area contributed by atoms with Gasteiger partial charge in [-0.05, 0) is 24.1 Å². The highest BCUT2D eigenvalue weighted by Gasteiger charge is 2.16. The molecule has 116 valence electrons. The van der Waals surface area contributed by atoms with E-state index in [4.69, 9.17) is 4.98 Å². The zero-order valence-electron chi connectivity index (χ0n) is 13.3. The number of fused-ring (bicyclic) bond motifs is 1.